The molecule has 186 valence electrons. The Hall–Kier alpha value is -1.82. The average Bonchev–Trinajstić information content (AvgIpc) is 3.07. The van der Waals surface area contributed by atoms with Gasteiger partial charge in [-0.1, -0.05) is 0 Å². The zero-order valence-corrected chi connectivity index (χ0v) is 20.2. The van der Waals surface area contributed by atoms with E-state index in [1.54, 1.807) is 0 Å². The van der Waals surface area contributed by atoms with Crippen LogP contribution in [0, 0.1) is 12.3 Å². The molecule has 5 atom stereocenters. The van der Waals surface area contributed by atoms with Gasteiger partial charge in [0, 0.05) is 40.0 Å². The van der Waals surface area contributed by atoms with Gasteiger partial charge in [0.2, 0.25) is 0 Å². The topological polar surface area (TPSA) is 168 Å². The Morgan fingerprint density at radius 3 is 2.61 bits per heavy atom. The van der Waals surface area contributed by atoms with Crippen LogP contribution in [0.15, 0.2) is 26.0 Å². The molecule has 0 amide bonds. The van der Waals surface area contributed by atoms with E-state index in [4.69, 9.17) is 29.7 Å². The summed E-state index contributed by atoms with van der Waals surface area (Å²) in [5.74, 6) is 2.06. The van der Waals surface area contributed by atoms with E-state index in [1.165, 1.54) is 20.4 Å². The predicted octanol–water partition coefficient (Wildman–Crippen LogP) is 0.199. The van der Waals surface area contributed by atoms with Gasteiger partial charge in [0.1, 0.15) is 18.3 Å². The largest absolute Gasteiger partial charge is 0.382 e. The summed E-state index contributed by atoms with van der Waals surface area (Å²) in [5, 5.41) is 0. The maximum atomic E-state index is 12.4. The highest BCUT2D eigenvalue weighted by molar-refractivity contribution is 7.92. The Kier molecular flexibility index (Phi) is 10.0. The maximum absolute atomic E-state index is 12.4. The van der Waals surface area contributed by atoms with E-state index in [0.29, 0.717) is 12.8 Å². The van der Waals surface area contributed by atoms with Crippen LogP contribution in [0.3, 0.4) is 0 Å². The van der Waals surface area contributed by atoms with Gasteiger partial charge >= 0.3 is 13.4 Å². The van der Waals surface area contributed by atoms with Crippen molar-refractivity contribution in [1.82, 2.24) is 9.55 Å². The average molecular weight is 509 g/mol. The van der Waals surface area contributed by atoms with Crippen LogP contribution >= 0.6 is 7.74 Å². The number of ether oxygens (including phenoxy) is 3. The molecule has 0 radical (unpaired) electrons. The van der Waals surface area contributed by atoms with E-state index >= 15 is 0 Å². The molecule has 1 aliphatic rings. The van der Waals surface area contributed by atoms with Gasteiger partial charge < -0.3 is 23.6 Å². The smallest absolute Gasteiger partial charge is 0.368 e. The van der Waals surface area contributed by atoms with E-state index in [0.717, 1.165) is 17.7 Å². The van der Waals surface area contributed by atoms with Crippen molar-refractivity contribution < 1.29 is 36.6 Å². The molecule has 1 fully saturated rings. The van der Waals surface area contributed by atoms with Gasteiger partial charge in [0.15, 0.2) is 6.23 Å². The minimum atomic E-state index is -4.29. The Bertz CT molecular complexity index is 1110. The number of nitrogens with zero attached hydrogens (tertiary/aromatic N) is 2. The van der Waals surface area contributed by atoms with E-state index < -0.39 is 53.5 Å². The third kappa shape index (κ3) is 7.33. The van der Waals surface area contributed by atoms with Crippen LogP contribution in [0.25, 0.3) is 0 Å². The second-order valence-electron chi connectivity index (χ2n) is 7.01. The van der Waals surface area contributed by atoms with Crippen molar-refractivity contribution in [3.63, 3.8) is 0 Å². The van der Waals surface area contributed by atoms with Gasteiger partial charge in [-0.3, -0.25) is 18.9 Å². The number of terminal acetylenes is 1. The van der Waals surface area contributed by atoms with Gasteiger partial charge in [-0.2, -0.15) is 0 Å². The molecule has 15 heteroatoms. The van der Waals surface area contributed by atoms with Crippen molar-refractivity contribution in [2.24, 2.45) is 4.15 Å². The summed E-state index contributed by atoms with van der Waals surface area (Å²) < 4.78 is 56.4. The lowest BCUT2D eigenvalue weighted by Gasteiger charge is -2.26. The van der Waals surface area contributed by atoms with Gasteiger partial charge in [-0.05, 0) is 12.8 Å². The number of H-pyrrole nitrogens is 1. The van der Waals surface area contributed by atoms with Crippen LogP contribution in [0.1, 0.15) is 25.5 Å². The fourth-order valence-corrected chi connectivity index (χ4v) is 6.43. The third-order valence-corrected chi connectivity index (χ3v) is 8.33. The molecule has 2 N–H and O–H groups in total. The fraction of sp³-hybridized carbons (Fsp3) is 0.667. The maximum Gasteiger partial charge on any atom is 0.368 e. The first-order valence-corrected chi connectivity index (χ1v) is 13.0. The predicted molar refractivity (Wildman–Crippen MR) is 118 cm³/mol. The Morgan fingerprint density at radius 1 is 1.30 bits per heavy atom. The highest BCUT2D eigenvalue weighted by Crippen LogP contribution is 2.52. The first-order chi connectivity index (χ1) is 15.6. The number of aromatic amines is 1. The lowest BCUT2D eigenvalue weighted by atomic mass is 10.1. The van der Waals surface area contributed by atoms with Gasteiger partial charge in [0.25, 0.3) is 15.6 Å². The SMILES string of the molecule is C#CCCCCS(=O)(=O)N=P(O)(OC)OC1[C@@H](COC)O[C@@H](n2ccc(=O)[nH]c2=O)[C@H]1OC. The molecule has 0 bridgehead atoms. The summed E-state index contributed by atoms with van der Waals surface area (Å²) >= 11 is 0. The lowest BCUT2D eigenvalue weighted by Crippen LogP contribution is -2.40. The first-order valence-electron chi connectivity index (χ1n) is 9.85. The summed E-state index contributed by atoms with van der Waals surface area (Å²) in [7, 11) is -4.64. The standard InChI is InChI=1S/C18H28N3O10PS/c1-5-6-7-8-11-33(25,26)20-32(24,29-4)31-15-13(12-27-2)30-17(16(15)28-3)21-10-9-14(22)19-18(21)23/h1,9-10,13,15-17,24H,6-8,11-12H2,2-4H3,(H,19,22,23)/t13-,15?,16+,17-,32?/m1/s1. The van der Waals surface area contributed by atoms with Gasteiger partial charge in [-0.25, -0.2) is 13.2 Å². The van der Waals surface area contributed by atoms with E-state index in [2.05, 4.69) is 15.1 Å². The van der Waals surface area contributed by atoms with Gasteiger partial charge in [-0.15, -0.1) is 16.5 Å². The molecular formula is C18H28N3O10PS. The van der Waals surface area contributed by atoms with Crippen LogP contribution in [-0.2, 0) is 33.3 Å². The number of aromatic nitrogens is 2. The highest BCUT2D eigenvalue weighted by Gasteiger charge is 2.50. The monoisotopic (exact) mass is 509 g/mol. The molecule has 1 aliphatic heterocycles. The number of sulfonamides is 1. The van der Waals surface area contributed by atoms with Crippen LogP contribution in [0.4, 0.5) is 0 Å². The quantitative estimate of drug-likeness (QED) is 0.226. The number of nitrogens with one attached hydrogen (secondary N) is 1. The molecule has 1 aromatic heterocycles. The highest BCUT2D eigenvalue weighted by atomic mass is 32.2. The molecule has 0 aliphatic carbocycles. The minimum Gasteiger partial charge on any atom is -0.382 e. The third-order valence-electron chi connectivity index (χ3n) is 4.71. The molecule has 1 aromatic rings. The second kappa shape index (κ2) is 12.0. The van der Waals surface area contributed by atoms with Crippen molar-refractivity contribution in [3.8, 4) is 12.3 Å². The molecule has 2 rings (SSSR count). The van der Waals surface area contributed by atoms with Crippen LogP contribution in [0.2, 0.25) is 0 Å². The second-order valence-corrected chi connectivity index (χ2v) is 10.8. The molecular weight excluding hydrogens is 481 g/mol. The zero-order valence-electron chi connectivity index (χ0n) is 18.4. The normalized spacial score (nSPS) is 24.8. The minimum absolute atomic E-state index is 0.0539. The van der Waals surface area contributed by atoms with Crippen molar-refractivity contribution in [3.05, 3.63) is 33.1 Å². The number of rotatable bonds is 12. The van der Waals surface area contributed by atoms with Crippen LogP contribution in [0.5, 0.6) is 0 Å². The Morgan fingerprint density at radius 2 is 2.03 bits per heavy atom. The van der Waals surface area contributed by atoms with Crippen molar-refractivity contribution in [2.75, 3.05) is 33.7 Å². The molecule has 0 aromatic carbocycles. The van der Waals surface area contributed by atoms with E-state index in [-0.39, 0.29) is 18.8 Å². The summed E-state index contributed by atoms with van der Waals surface area (Å²) in [4.78, 5) is 36.6. The van der Waals surface area contributed by atoms with Crippen molar-refractivity contribution in [1.29, 1.82) is 0 Å². The number of methoxy groups -OCH3 is 2. The summed E-state index contributed by atoms with van der Waals surface area (Å²) in [5.41, 5.74) is -1.36. The first kappa shape index (κ1) is 27.4. The molecule has 2 unspecified atom stereocenters. The van der Waals surface area contributed by atoms with Crippen LogP contribution in [-0.4, -0.2) is 74.9 Å². The molecule has 2 heterocycles. The molecule has 1 saturated heterocycles. The van der Waals surface area contributed by atoms with E-state index in [9.17, 15) is 22.9 Å². The Balaban J connectivity index is 2.36. The summed E-state index contributed by atoms with van der Waals surface area (Å²) in [6.07, 6.45) is 3.35. The van der Waals surface area contributed by atoms with Crippen molar-refractivity contribution >= 4 is 17.8 Å². The fourth-order valence-electron chi connectivity index (χ4n) is 3.20. The molecule has 0 saturated carbocycles. The molecule has 13 nitrogen and oxygen atoms in total. The van der Waals surface area contributed by atoms with Crippen molar-refractivity contribution in [2.45, 2.75) is 43.8 Å². The lowest BCUT2D eigenvalue weighted by molar-refractivity contribution is -0.0668. The number of hydrogen-bond donors (Lipinski definition) is 2. The summed E-state index contributed by atoms with van der Waals surface area (Å²) in [6.45, 7) is -0.0539. The Labute approximate surface area is 191 Å². The molecule has 33 heavy (non-hydrogen) atoms. The number of unbranched alkanes of at least 4 members (excludes halogenated alkanes) is 2. The zero-order chi connectivity index (χ0) is 24.6. The van der Waals surface area contributed by atoms with Gasteiger partial charge in [0.05, 0.1) is 12.4 Å². The van der Waals surface area contributed by atoms with Crippen LogP contribution < -0.4 is 11.2 Å². The molecule has 0 spiro atoms. The van der Waals surface area contributed by atoms with E-state index in [1.807, 2.05) is 0 Å². The summed E-state index contributed by atoms with van der Waals surface area (Å²) in [6, 6.07) is 1.12. The number of hydrogen-bond acceptors (Lipinski definition) is 9.